The van der Waals surface area contributed by atoms with Crippen LogP contribution in [0.5, 0.6) is 0 Å². The van der Waals surface area contributed by atoms with Crippen LogP contribution in [-0.2, 0) is 4.79 Å². The van der Waals surface area contributed by atoms with E-state index in [9.17, 15) is 4.79 Å². The lowest BCUT2D eigenvalue weighted by Crippen LogP contribution is -2.41. The molecule has 0 bridgehead atoms. The van der Waals surface area contributed by atoms with Crippen LogP contribution in [0.1, 0.15) is 42.5 Å². The van der Waals surface area contributed by atoms with Crippen LogP contribution in [0.2, 0.25) is 0 Å². The molecule has 23 heavy (non-hydrogen) atoms. The molecule has 1 aliphatic rings. The fourth-order valence-electron chi connectivity index (χ4n) is 3.42. The van der Waals surface area contributed by atoms with Gasteiger partial charge in [0, 0.05) is 11.7 Å². The molecule has 0 spiro atoms. The van der Waals surface area contributed by atoms with Crippen molar-refractivity contribution in [2.75, 3.05) is 11.9 Å². The monoisotopic (exact) mass is 328 g/mol. The third-order valence-electron chi connectivity index (χ3n) is 4.74. The van der Waals surface area contributed by atoms with Gasteiger partial charge in [-0.3, -0.25) is 9.69 Å². The summed E-state index contributed by atoms with van der Waals surface area (Å²) in [7, 11) is 0. The Labute approximate surface area is 142 Å². The molecule has 2 aromatic rings. The number of hydrogen-bond donors (Lipinski definition) is 1. The van der Waals surface area contributed by atoms with E-state index in [0.717, 1.165) is 30.6 Å². The predicted octanol–water partition coefficient (Wildman–Crippen LogP) is 4.53. The van der Waals surface area contributed by atoms with Gasteiger partial charge < -0.3 is 5.32 Å². The molecule has 122 valence electrons. The minimum absolute atomic E-state index is 0.0825. The van der Waals surface area contributed by atoms with Gasteiger partial charge in [-0.05, 0) is 74.2 Å². The van der Waals surface area contributed by atoms with Gasteiger partial charge in [0.2, 0.25) is 5.91 Å². The number of nitrogens with one attached hydrogen (secondary N) is 1. The molecule has 1 aliphatic heterocycles. The number of carbonyl (C=O) groups is 1. The van der Waals surface area contributed by atoms with E-state index in [1.54, 1.807) is 11.3 Å². The summed E-state index contributed by atoms with van der Waals surface area (Å²) in [5, 5.41) is 7.43. The van der Waals surface area contributed by atoms with Crippen LogP contribution in [0.15, 0.2) is 35.0 Å². The summed E-state index contributed by atoms with van der Waals surface area (Å²) in [4.78, 5) is 15.0. The highest BCUT2D eigenvalue weighted by atomic mass is 32.1. The molecule has 0 unspecified atom stereocenters. The van der Waals surface area contributed by atoms with Crippen LogP contribution >= 0.6 is 11.3 Å². The van der Waals surface area contributed by atoms with E-state index in [-0.39, 0.29) is 11.9 Å². The number of benzene rings is 1. The SMILES string of the molecule is Cc1ccc(NC(=O)[C@@H](C)N2CCC[C@H]2c2ccsc2)c(C)c1. The lowest BCUT2D eigenvalue weighted by molar-refractivity contribution is -0.121. The molecule has 0 aliphatic carbocycles. The molecule has 2 atom stereocenters. The first-order valence-electron chi connectivity index (χ1n) is 8.22. The molecular formula is C19H24N2OS. The first-order chi connectivity index (χ1) is 11.1. The number of rotatable bonds is 4. The van der Waals surface area contributed by atoms with Crippen molar-refractivity contribution in [3.63, 3.8) is 0 Å². The topological polar surface area (TPSA) is 32.3 Å². The standard InChI is InChI=1S/C19H24N2OS/c1-13-6-7-17(14(2)11-13)20-19(22)15(3)21-9-4-5-18(21)16-8-10-23-12-16/h6-8,10-12,15,18H,4-5,9H2,1-3H3,(H,20,22)/t15-,18+/m1/s1. The summed E-state index contributed by atoms with van der Waals surface area (Å²) in [6.07, 6.45) is 2.29. The molecule has 1 amide bonds. The van der Waals surface area contributed by atoms with Crippen molar-refractivity contribution < 1.29 is 4.79 Å². The lowest BCUT2D eigenvalue weighted by atomic mass is 10.1. The average Bonchev–Trinajstić information content (AvgIpc) is 3.19. The maximum Gasteiger partial charge on any atom is 0.241 e. The zero-order valence-corrected chi connectivity index (χ0v) is 14.8. The average molecular weight is 328 g/mol. The number of anilines is 1. The molecule has 3 nitrogen and oxygen atoms in total. The van der Waals surface area contributed by atoms with Crippen LogP contribution < -0.4 is 5.32 Å². The summed E-state index contributed by atoms with van der Waals surface area (Å²) < 4.78 is 0. The van der Waals surface area contributed by atoms with Crippen molar-refractivity contribution in [3.8, 4) is 0 Å². The van der Waals surface area contributed by atoms with Gasteiger partial charge in [0.1, 0.15) is 0 Å². The molecule has 1 aromatic carbocycles. The van der Waals surface area contributed by atoms with Crippen molar-refractivity contribution >= 4 is 22.9 Å². The van der Waals surface area contributed by atoms with Gasteiger partial charge in [-0.15, -0.1) is 0 Å². The van der Waals surface area contributed by atoms with Crippen molar-refractivity contribution in [3.05, 3.63) is 51.7 Å². The van der Waals surface area contributed by atoms with Gasteiger partial charge in [-0.25, -0.2) is 0 Å². The second-order valence-corrected chi connectivity index (χ2v) is 7.22. The van der Waals surface area contributed by atoms with Crippen LogP contribution in [0.4, 0.5) is 5.69 Å². The van der Waals surface area contributed by atoms with Crippen molar-refractivity contribution in [1.29, 1.82) is 0 Å². The number of nitrogens with zero attached hydrogens (tertiary/aromatic N) is 1. The first-order valence-corrected chi connectivity index (χ1v) is 9.16. The minimum Gasteiger partial charge on any atom is -0.324 e. The van der Waals surface area contributed by atoms with Gasteiger partial charge in [0.15, 0.2) is 0 Å². The number of carbonyl (C=O) groups excluding carboxylic acids is 1. The van der Waals surface area contributed by atoms with Crippen LogP contribution in [0.3, 0.4) is 0 Å². The maximum atomic E-state index is 12.7. The van der Waals surface area contributed by atoms with Crippen molar-refractivity contribution in [2.24, 2.45) is 0 Å². The second-order valence-electron chi connectivity index (χ2n) is 6.44. The largest absolute Gasteiger partial charge is 0.324 e. The predicted molar refractivity (Wildman–Crippen MR) is 97.0 cm³/mol. The summed E-state index contributed by atoms with van der Waals surface area (Å²) in [6.45, 7) is 7.11. The van der Waals surface area contributed by atoms with E-state index in [1.165, 1.54) is 11.1 Å². The lowest BCUT2D eigenvalue weighted by Gasteiger charge is -2.29. The van der Waals surface area contributed by atoms with E-state index >= 15 is 0 Å². The number of likely N-dealkylation sites (tertiary alicyclic amines) is 1. The molecule has 0 saturated carbocycles. The Morgan fingerprint density at radius 2 is 2.17 bits per heavy atom. The summed E-state index contributed by atoms with van der Waals surface area (Å²) >= 11 is 1.73. The van der Waals surface area contributed by atoms with E-state index in [1.807, 2.05) is 26.0 Å². The summed E-state index contributed by atoms with van der Waals surface area (Å²) in [5.74, 6) is 0.0825. The molecule has 1 N–H and O–H groups in total. The fraction of sp³-hybridized carbons (Fsp3) is 0.421. The van der Waals surface area contributed by atoms with Crippen LogP contribution in [0.25, 0.3) is 0 Å². The summed E-state index contributed by atoms with van der Waals surface area (Å²) in [5.41, 5.74) is 4.59. The Hall–Kier alpha value is -1.65. The third-order valence-corrected chi connectivity index (χ3v) is 5.44. The fourth-order valence-corrected chi connectivity index (χ4v) is 4.12. The first kappa shape index (κ1) is 16.2. The van der Waals surface area contributed by atoms with Gasteiger partial charge in [-0.2, -0.15) is 11.3 Å². The quantitative estimate of drug-likeness (QED) is 0.894. The van der Waals surface area contributed by atoms with Gasteiger partial charge in [-0.1, -0.05) is 17.7 Å². The second kappa shape index (κ2) is 6.85. The van der Waals surface area contributed by atoms with Gasteiger partial charge in [0.05, 0.1) is 6.04 Å². The van der Waals surface area contributed by atoms with E-state index in [4.69, 9.17) is 0 Å². The molecule has 0 radical (unpaired) electrons. The Balaban J connectivity index is 1.71. The Kier molecular flexibility index (Phi) is 4.83. The Morgan fingerprint density at radius 1 is 1.35 bits per heavy atom. The molecule has 2 heterocycles. The van der Waals surface area contributed by atoms with E-state index < -0.39 is 0 Å². The normalized spacial score (nSPS) is 19.7. The molecular weight excluding hydrogens is 304 g/mol. The Morgan fingerprint density at radius 3 is 2.87 bits per heavy atom. The third kappa shape index (κ3) is 3.48. The number of hydrogen-bond acceptors (Lipinski definition) is 3. The summed E-state index contributed by atoms with van der Waals surface area (Å²) in [6, 6.07) is 8.57. The van der Waals surface area contributed by atoms with Crippen LogP contribution in [0, 0.1) is 13.8 Å². The molecule has 3 rings (SSSR count). The van der Waals surface area contributed by atoms with Crippen molar-refractivity contribution in [1.82, 2.24) is 4.90 Å². The highest BCUT2D eigenvalue weighted by molar-refractivity contribution is 7.07. The number of thiophene rings is 1. The zero-order valence-electron chi connectivity index (χ0n) is 14.0. The van der Waals surface area contributed by atoms with E-state index in [0.29, 0.717) is 6.04 Å². The smallest absolute Gasteiger partial charge is 0.241 e. The molecule has 1 saturated heterocycles. The van der Waals surface area contributed by atoms with Crippen molar-refractivity contribution in [2.45, 2.75) is 45.7 Å². The molecule has 4 heteroatoms. The zero-order chi connectivity index (χ0) is 16.4. The van der Waals surface area contributed by atoms with Gasteiger partial charge in [0.25, 0.3) is 0 Å². The molecule has 1 fully saturated rings. The highest BCUT2D eigenvalue weighted by Gasteiger charge is 2.33. The maximum absolute atomic E-state index is 12.7. The Bertz CT molecular complexity index is 681. The van der Waals surface area contributed by atoms with Gasteiger partial charge >= 0.3 is 0 Å². The highest BCUT2D eigenvalue weighted by Crippen LogP contribution is 2.34. The number of aryl methyl sites for hydroxylation is 2. The van der Waals surface area contributed by atoms with Crippen LogP contribution in [-0.4, -0.2) is 23.4 Å². The molecule has 1 aromatic heterocycles. The minimum atomic E-state index is -0.122. The number of amides is 1. The van der Waals surface area contributed by atoms with E-state index in [2.05, 4.69) is 40.0 Å².